The summed E-state index contributed by atoms with van der Waals surface area (Å²) in [6.45, 7) is 1.07. The van der Waals surface area contributed by atoms with E-state index in [1.165, 1.54) is 0 Å². The zero-order chi connectivity index (χ0) is 22.6. The van der Waals surface area contributed by atoms with E-state index in [0.717, 1.165) is 40.6 Å². The lowest BCUT2D eigenvalue weighted by molar-refractivity contribution is 0.0925. The third-order valence-corrected chi connectivity index (χ3v) is 5.74. The van der Waals surface area contributed by atoms with Gasteiger partial charge in [0.25, 0.3) is 5.91 Å². The normalized spacial score (nSPS) is 14.8. The highest BCUT2D eigenvalue weighted by Gasteiger charge is 2.23. The molecule has 0 saturated heterocycles. The molecule has 0 spiro atoms. The largest absolute Gasteiger partial charge is 0.493 e. The van der Waals surface area contributed by atoms with Gasteiger partial charge < -0.3 is 19.9 Å². The molecule has 1 aliphatic rings. The molecule has 1 amide bonds. The molecule has 0 bridgehead atoms. The van der Waals surface area contributed by atoms with Crippen LogP contribution in [-0.4, -0.2) is 32.3 Å². The number of amides is 1. The van der Waals surface area contributed by atoms with E-state index in [0.29, 0.717) is 18.7 Å². The number of para-hydroxylation sites is 1. The maximum atomic E-state index is 13.0. The Hall–Kier alpha value is -4.20. The number of rotatable bonds is 6. The number of hydrogen-bond acceptors (Lipinski definition) is 6. The molecule has 1 aliphatic heterocycles. The maximum absolute atomic E-state index is 13.0. The summed E-state index contributed by atoms with van der Waals surface area (Å²) in [6.07, 6.45) is 4.21. The van der Waals surface area contributed by atoms with E-state index in [1.807, 2.05) is 72.3 Å². The quantitative estimate of drug-likeness (QED) is 0.474. The van der Waals surface area contributed by atoms with Crippen LogP contribution in [-0.2, 0) is 13.6 Å². The molecule has 2 aromatic heterocycles. The standard InChI is InChI=1S/C25H24N6O2/c1-31-23(29-30-24(31)17-9-12-26-13-10-17)16-27-19-6-4-5-18(15-19)25(32)28-21-11-14-33-22-8-3-2-7-20(21)22/h2-10,12-13,15,21,27H,11,14,16H2,1H3,(H,28,32)/t21-/m0/s1. The fourth-order valence-corrected chi connectivity index (χ4v) is 3.95. The van der Waals surface area contributed by atoms with Gasteiger partial charge in [-0.15, -0.1) is 10.2 Å². The Morgan fingerprint density at radius 3 is 2.82 bits per heavy atom. The van der Waals surface area contributed by atoms with Crippen LogP contribution in [0.25, 0.3) is 11.4 Å². The van der Waals surface area contributed by atoms with Gasteiger partial charge in [-0.25, -0.2) is 0 Å². The number of benzene rings is 2. The number of carbonyl (C=O) groups is 1. The van der Waals surface area contributed by atoms with E-state index in [2.05, 4.69) is 25.8 Å². The number of fused-ring (bicyclic) bond motifs is 1. The molecule has 3 heterocycles. The van der Waals surface area contributed by atoms with Crippen molar-refractivity contribution >= 4 is 11.6 Å². The van der Waals surface area contributed by atoms with Crippen molar-refractivity contribution in [3.8, 4) is 17.1 Å². The van der Waals surface area contributed by atoms with E-state index < -0.39 is 0 Å². The van der Waals surface area contributed by atoms with E-state index in [4.69, 9.17) is 4.74 Å². The van der Waals surface area contributed by atoms with Crippen LogP contribution in [0.5, 0.6) is 5.75 Å². The highest BCUT2D eigenvalue weighted by Crippen LogP contribution is 2.31. The van der Waals surface area contributed by atoms with Crippen molar-refractivity contribution in [2.45, 2.75) is 19.0 Å². The van der Waals surface area contributed by atoms with Crippen molar-refractivity contribution in [3.63, 3.8) is 0 Å². The second kappa shape index (κ2) is 9.12. The Morgan fingerprint density at radius 2 is 1.94 bits per heavy atom. The average molecular weight is 441 g/mol. The highest BCUT2D eigenvalue weighted by atomic mass is 16.5. The van der Waals surface area contributed by atoms with Gasteiger partial charge in [0.2, 0.25) is 0 Å². The number of carbonyl (C=O) groups excluding carboxylic acids is 1. The molecule has 166 valence electrons. The zero-order valence-corrected chi connectivity index (χ0v) is 18.2. The summed E-state index contributed by atoms with van der Waals surface area (Å²) in [5.41, 5.74) is 3.40. The van der Waals surface area contributed by atoms with E-state index in [1.54, 1.807) is 12.4 Å². The van der Waals surface area contributed by atoms with Gasteiger partial charge in [-0.05, 0) is 36.4 Å². The van der Waals surface area contributed by atoms with Crippen LogP contribution in [0, 0.1) is 0 Å². The first-order valence-electron chi connectivity index (χ1n) is 10.8. The third-order valence-electron chi connectivity index (χ3n) is 5.74. The topological polar surface area (TPSA) is 94.0 Å². The summed E-state index contributed by atoms with van der Waals surface area (Å²) in [5.74, 6) is 2.29. The van der Waals surface area contributed by atoms with Crippen molar-refractivity contribution in [2.75, 3.05) is 11.9 Å². The molecule has 8 nitrogen and oxygen atoms in total. The lowest BCUT2D eigenvalue weighted by Crippen LogP contribution is -2.32. The number of nitrogens with one attached hydrogen (secondary N) is 2. The van der Waals surface area contributed by atoms with Crippen LogP contribution >= 0.6 is 0 Å². The molecule has 0 saturated carbocycles. The van der Waals surface area contributed by atoms with Crippen molar-refractivity contribution in [1.82, 2.24) is 25.1 Å². The monoisotopic (exact) mass is 440 g/mol. The second-order valence-electron chi connectivity index (χ2n) is 7.87. The number of hydrogen-bond donors (Lipinski definition) is 2. The van der Waals surface area contributed by atoms with Crippen molar-refractivity contribution in [3.05, 3.63) is 90.0 Å². The van der Waals surface area contributed by atoms with E-state index in [-0.39, 0.29) is 11.9 Å². The van der Waals surface area contributed by atoms with Crippen molar-refractivity contribution < 1.29 is 9.53 Å². The van der Waals surface area contributed by atoms with Gasteiger partial charge in [0.1, 0.15) is 5.75 Å². The molecular weight excluding hydrogens is 416 g/mol. The minimum absolute atomic E-state index is 0.0654. The first-order chi connectivity index (χ1) is 16.2. The van der Waals surface area contributed by atoms with E-state index in [9.17, 15) is 4.79 Å². The molecule has 0 unspecified atom stereocenters. The molecule has 2 N–H and O–H groups in total. The fourth-order valence-electron chi connectivity index (χ4n) is 3.95. The zero-order valence-electron chi connectivity index (χ0n) is 18.2. The van der Waals surface area contributed by atoms with Gasteiger partial charge in [0, 0.05) is 48.2 Å². The molecule has 4 aromatic rings. The molecule has 33 heavy (non-hydrogen) atoms. The molecule has 2 aromatic carbocycles. The van der Waals surface area contributed by atoms with E-state index >= 15 is 0 Å². The highest BCUT2D eigenvalue weighted by molar-refractivity contribution is 5.95. The molecular formula is C25H24N6O2. The first-order valence-corrected chi connectivity index (χ1v) is 10.8. The summed E-state index contributed by atoms with van der Waals surface area (Å²) in [5, 5.41) is 15.1. The molecule has 0 fully saturated rings. The smallest absolute Gasteiger partial charge is 0.251 e. The minimum Gasteiger partial charge on any atom is -0.493 e. The Bertz CT molecular complexity index is 1270. The summed E-state index contributed by atoms with van der Waals surface area (Å²) in [7, 11) is 1.93. The predicted molar refractivity (Wildman–Crippen MR) is 125 cm³/mol. The summed E-state index contributed by atoms with van der Waals surface area (Å²) in [6, 6.07) is 19.0. The van der Waals surface area contributed by atoms with Crippen LogP contribution in [0.2, 0.25) is 0 Å². The SMILES string of the molecule is Cn1c(CNc2cccc(C(=O)N[C@H]3CCOc4ccccc43)c2)nnc1-c1ccncc1. The van der Waals surface area contributed by atoms with Gasteiger partial charge in [-0.2, -0.15) is 0 Å². The number of ether oxygens (including phenoxy) is 1. The Labute approximate surface area is 191 Å². The summed E-state index contributed by atoms with van der Waals surface area (Å²) >= 11 is 0. The molecule has 0 aliphatic carbocycles. The van der Waals surface area contributed by atoms with Crippen LogP contribution in [0.4, 0.5) is 5.69 Å². The van der Waals surface area contributed by atoms with Gasteiger partial charge in [-0.1, -0.05) is 24.3 Å². The Morgan fingerprint density at radius 1 is 1.09 bits per heavy atom. The second-order valence-corrected chi connectivity index (χ2v) is 7.87. The molecule has 5 rings (SSSR count). The molecule has 1 atom stereocenters. The Kier molecular flexibility index (Phi) is 5.72. The predicted octanol–water partition coefficient (Wildman–Crippen LogP) is 3.74. The van der Waals surface area contributed by atoms with Gasteiger partial charge in [0.15, 0.2) is 11.6 Å². The number of aromatic nitrogens is 4. The molecule has 8 heteroatoms. The summed E-state index contributed by atoms with van der Waals surface area (Å²) in [4.78, 5) is 17.0. The lowest BCUT2D eigenvalue weighted by Gasteiger charge is -2.26. The van der Waals surface area contributed by atoms with Gasteiger partial charge >= 0.3 is 0 Å². The van der Waals surface area contributed by atoms with Crippen LogP contribution in [0.1, 0.15) is 34.2 Å². The number of pyridine rings is 1. The summed E-state index contributed by atoms with van der Waals surface area (Å²) < 4.78 is 7.64. The van der Waals surface area contributed by atoms with Crippen molar-refractivity contribution in [2.24, 2.45) is 7.05 Å². The number of nitrogens with zero attached hydrogens (tertiary/aromatic N) is 4. The van der Waals surface area contributed by atoms with Crippen LogP contribution in [0.3, 0.4) is 0 Å². The fraction of sp³-hybridized carbons (Fsp3) is 0.200. The lowest BCUT2D eigenvalue weighted by atomic mass is 10.00. The van der Waals surface area contributed by atoms with Crippen molar-refractivity contribution in [1.29, 1.82) is 0 Å². The van der Waals surface area contributed by atoms with Gasteiger partial charge in [-0.3, -0.25) is 9.78 Å². The maximum Gasteiger partial charge on any atom is 0.251 e. The van der Waals surface area contributed by atoms with Gasteiger partial charge in [0.05, 0.1) is 19.2 Å². The Balaban J connectivity index is 1.26. The molecule has 0 radical (unpaired) electrons. The third kappa shape index (κ3) is 4.41. The minimum atomic E-state index is -0.112. The first kappa shape index (κ1) is 20.7. The average Bonchev–Trinajstić information content (AvgIpc) is 3.24. The number of anilines is 1. The van der Waals surface area contributed by atoms with Crippen LogP contribution < -0.4 is 15.4 Å². The van der Waals surface area contributed by atoms with Crippen LogP contribution in [0.15, 0.2) is 73.1 Å².